The van der Waals surface area contributed by atoms with Gasteiger partial charge in [0, 0.05) is 0 Å². The zero-order chi connectivity index (χ0) is 9.68. The van der Waals surface area contributed by atoms with E-state index in [-0.39, 0.29) is 18.6 Å². The highest BCUT2D eigenvalue weighted by molar-refractivity contribution is 7.07. The second-order valence-corrected chi connectivity index (χ2v) is 3.28. The summed E-state index contributed by atoms with van der Waals surface area (Å²) >= 11 is 1.53. The van der Waals surface area contributed by atoms with Crippen LogP contribution < -0.4 is 5.32 Å². The van der Waals surface area contributed by atoms with Crippen LogP contribution in [0.1, 0.15) is 11.6 Å². The van der Waals surface area contributed by atoms with Crippen LogP contribution in [0, 0.1) is 0 Å². The van der Waals surface area contributed by atoms with E-state index in [0.29, 0.717) is 0 Å². The molecule has 0 bridgehead atoms. The van der Waals surface area contributed by atoms with Crippen molar-refractivity contribution in [2.24, 2.45) is 0 Å². The second-order valence-electron chi connectivity index (χ2n) is 2.50. The van der Waals surface area contributed by atoms with Gasteiger partial charge in [0.05, 0.1) is 12.6 Å². The van der Waals surface area contributed by atoms with Crippen LogP contribution in [0.3, 0.4) is 0 Å². The topological polar surface area (TPSA) is 49.3 Å². The molecule has 0 aliphatic rings. The molecule has 1 atom stereocenters. The number of thiophene rings is 1. The van der Waals surface area contributed by atoms with Crippen LogP contribution in [0.25, 0.3) is 0 Å². The Hall–Kier alpha value is -1.13. The van der Waals surface area contributed by atoms with Gasteiger partial charge in [-0.25, -0.2) is 0 Å². The predicted octanol–water partition coefficient (Wildman–Crippen LogP) is 1.08. The van der Waals surface area contributed by atoms with Gasteiger partial charge in [0.2, 0.25) is 5.91 Å². The quantitative estimate of drug-likeness (QED) is 0.710. The van der Waals surface area contributed by atoms with Crippen LogP contribution in [-0.4, -0.2) is 17.6 Å². The molecule has 0 saturated heterocycles. The first kappa shape index (κ1) is 9.95. The minimum absolute atomic E-state index is 0.101. The van der Waals surface area contributed by atoms with Gasteiger partial charge in [0.1, 0.15) is 0 Å². The summed E-state index contributed by atoms with van der Waals surface area (Å²) in [4.78, 5) is 10.9. The highest BCUT2D eigenvalue weighted by atomic mass is 32.1. The molecule has 2 N–H and O–H groups in total. The summed E-state index contributed by atoms with van der Waals surface area (Å²) in [7, 11) is 0. The normalized spacial score (nSPS) is 12.1. The van der Waals surface area contributed by atoms with E-state index in [1.54, 1.807) is 0 Å². The third-order valence-electron chi connectivity index (χ3n) is 1.63. The lowest BCUT2D eigenvalue weighted by Gasteiger charge is -2.13. The standard InChI is InChI=1S/C9H11NO2S/c1-2-9(12)10-8(5-11)7-3-4-13-6-7/h2-4,6,8,11H,1,5H2,(H,10,12)/t8-/m1/s1. The molecule has 1 amide bonds. The van der Waals surface area contributed by atoms with Gasteiger partial charge in [-0.1, -0.05) is 6.58 Å². The molecule has 70 valence electrons. The average Bonchev–Trinajstić information content (AvgIpc) is 2.66. The van der Waals surface area contributed by atoms with E-state index in [1.165, 1.54) is 17.4 Å². The van der Waals surface area contributed by atoms with Gasteiger partial charge >= 0.3 is 0 Å². The lowest BCUT2D eigenvalue weighted by molar-refractivity contribution is -0.117. The van der Waals surface area contributed by atoms with E-state index >= 15 is 0 Å². The van der Waals surface area contributed by atoms with E-state index < -0.39 is 0 Å². The van der Waals surface area contributed by atoms with Crippen molar-refractivity contribution < 1.29 is 9.90 Å². The van der Waals surface area contributed by atoms with Crippen molar-refractivity contribution in [2.75, 3.05) is 6.61 Å². The molecule has 0 aliphatic carbocycles. The number of nitrogens with one attached hydrogen (secondary N) is 1. The van der Waals surface area contributed by atoms with E-state index in [4.69, 9.17) is 5.11 Å². The lowest BCUT2D eigenvalue weighted by Crippen LogP contribution is -2.28. The molecule has 1 aromatic rings. The zero-order valence-corrected chi connectivity index (χ0v) is 7.88. The van der Waals surface area contributed by atoms with Gasteiger partial charge in [-0.15, -0.1) is 0 Å². The second kappa shape index (κ2) is 4.79. The fourth-order valence-corrected chi connectivity index (χ4v) is 1.65. The third-order valence-corrected chi connectivity index (χ3v) is 2.33. The Morgan fingerprint density at radius 1 is 1.85 bits per heavy atom. The first-order chi connectivity index (χ1) is 6.27. The maximum absolute atomic E-state index is 10.9. The fraction of sp³-hybridized carbons (Fsp3) is 0.222. The molecule has 1 heterocycles. The number of aliphatic hydroxyl groups is 1. The SMILES string of the molecule is C=CC(=O)N[C@H](CO)c1ccsc1. The summed E-state index contributed by atoms with van der Waals surface area (Å²) in [6.45, 7) is 3.24. The van der Waals surface area contributed by atoms with Crippen molar-refractivity contribution in [1.82, 2.24) is 5.32 Å². The number of hydrogen-bond donors (Lipinski definition) is 2. The summed E-state index contributed by atoms with van der Waals surface area (Å²) in [5.74, 6) is -0.273. The Balaban J connectivity index is 2.63. The molecule has 0 saturated carbocycles. The zero-order valence-electron chi connectivity index (χ0n) is 7.06. The summed E-state index contributed by atoms with van der Waals surface area (Å²) in [6.07, 6.45) is 1.19. The monoisotopic (exact) mass is 197 g/mol. The molecular formula is C9H11NO2S. The lowest BCUT2D eigenvalue weighted by atomic mass is 10.1. The minimum atomic E-state index is -0.322. The van der Waals surface area contributed by atoms with Crippen LogP contribution in [0.2, 0.25) is 0 Å². The smallest absolute Gasteiger partial charge is 0.243 e. The van der Waals surface area contributed by atoms with Crippen LogP contribution in [0.15, 0.2) is 29.5 Å². The molecule has 4 heteroatoms. The Morgan fingerprint density at radius 2 is 2.62 bits per heavy atom. The van der Waals surface area contributed by atoms with Gasteiger partial charge in [-0.3, -0.25) is 4.79 Å². The van der Waals surface area contributed by atoms with Gasteiger partial charge in [-0.05, 0) is 28.5 Å². The Morgan fingerprint density at radius 3 is 3.08 bits per heavy atom. The molecule has 13 heavy (non-hydrogen) atoms. The third kappa shape index (κ3) is 2.68. The molecule has 0 fully saturated rings. The Kier molecular flexibility index (Phi) is 3.67. The first-order valence-corrected chi connectivity index (χ1v) is 4.78. The van der Waals surface area contributed by atoms with Crippen molar-refractivity contribution in [3.63, 3.8) is 0 Å². The molecule has 0 spiro atoms. The summed E-state index contributed by atoms with van der Waals surface area (Å²) in [5.41, 5.74) is 0.919. The number of carbonyl (C=O) groups excluding carboxylic acids is 1. The van der Waals surface area contributed by atoms with Crippen LogP contribution in [0.4, 0.5) is 0 Å². The fourth-order valence-electron chi connectivity index (χ4n) is 0.938. The van der Waals surface area contributed by atoms with Crippen LogP contribution in [-0.2, 0) is 4.79 Å². The predicted molar refractivity (Wildman–Crippen MR) is 52.5 cm³/mol. The highest BCUT2D eigenvalue weighted by Crippen LogP contribution is 2.15. The molecule has 0 unspecified atom stereocenters. The minimum Gasteiger partial charge on any atom is -0.394 e. The van der Waals surface area contributed by atoms with Crippen molar-refractivity contribution in [1.29, 1.82) is 0 Å². The molecule has 1 rings (SSSR count). The summed E-state index contributed by atoms with van der Waals surface area (Å²) in [5, 5.41) is 15.4. The molecule has 3 nitrogen and oxygen atoms in total. The molecule has 0 radical (unpaired) electrons. The van der Waals surface area contributed by atoms with Gasteiger partial charge in [0.25, 0.3) is 0 Å². The maximum atomic E-state index is 10.9. The van der Waals surface area contributed by atoms with Crippen molar-refractivity contribution >= 4 is 17.2 Å². The van der Waals surface area contributed by atoms with E-state index in [1.807, 2.05) is 16.8 Å². The maximum Gasteiger partial charge on any atom is 0.243 e. The van der Waals surface area contributed by atoms with Gasteiger partial charge in [0.15, 0.2) is 0 Å². The van der Waals surface area contributed by atoms with Crippen molar-refractivity contribution in [3.05, 3.63) is 35.0 Å². The van der Waals surface area contributed by atoms with Gasteiger partial charge in [-0.2, -0.15) is 11.3 Å². The number of carbonyl (C=O) groups is 1. The summed E-state index contributed by atoms with van der Waals surface area (Å²) in [6, 6.07) is 1.55. The van der Waals surface area contributed by atoms with Crippen LogP contribution >= 0.6 is 11.3 Å². The Labute approximate surface area is 80.7 Å². The van der Waals surface area contributed by atoms with E-state index in [9.17, 15) is 4.79 Å². The first-order valence-electron chi connectivity index (χ1n) is 3.83. The Bertz CT molecular complexity index is 282. The average molecular weight is 197 g/mol. The number of aliphatic hydroxyl groups excluding tert-OH is 1. The van der Waals surface area contributed by atoms with Crippen molar-refractivity contribution in [3.8, 4) is 0 Å². The molecule has 1 aromatic heterocycles. The summed E-state index contributed by atoms with van der Waals surface area (Å²) < 4.78 is 0. The molecule has 0 aromatic carbocycles. The molecular weight excluding hydrogens is 186 g/mol. The number of amides is 1. The highest BCUT2D eigenvalue weighted by Gasteiger charge is 2.11. The van der Waals surface area contributed by atoms with Crippen LogP contribution in [0.5, 0.6) is 0 Å². The van der Waals surface area contributed by atoms with E-state index in [0.717, 1.165) is 5.56 Å². The van der Waals surface area contributed by atoms with Gasteiger partial charge < -0.3 is 10.4 Å². The largest absolute Gasteiger partial charge is 0.394 e. The molecule has 0 aliphatic heterocycles. The van der Waals surface area contributed by atoms with Crippen molar-refractivity contribution in [2.45, 2.75) is 6.04 Å². The number of hydrogen-bond acceptors (Lipinski definition) is 3. The number of rotatable bonds is 4. The van der Waals surface area contributed by atoms with E-state index in [2.05, 4.69) is 11.9 Å².